The topological polar surface area (TPSA) is 57.6 Å². The van der Waals surface area contributed by atoms with Crippen molar-refractivity contribution < 1.29 is 14.7 Å². The van der Waals surface area contributed by atoms with Crippen LogP contribution in [-0.4, -0.2) is 34.5 Å². The third kappa shape index (κ3) is 2.23. The smallest absolute Gasteiger partial charge is 0.233 e. The van der Waals surface area contributed by atoms with E-state index in [0.29, 0.717) is 0 Å². The van der Waals surface area contributed by atoms with Crippen molar-refractivity contribution in [1.29, 1.82) is 0 Å². The molecule has 0 spiro atoms. The zero-order valence-corrected chi connectivity index (χ0v) is 10.6. The van der Waals surface area contributed by atoms with Crippen molar-refractivity contribution in [3.8, 4) is 0 Å². The largest absolute Gasteiger partial charge is 0.391 e. The van der Waals surface area contributed by atoms with E-state index in [1.54, 1.807) is 0 Å². The Hall–Kier alpha value is -0.900. The second-order valence-corrected chi connectivity index (χ2v) is 5.60. The minimum atomic E-state index is -0.608. The first-order chi connectivity index (χ1) is 8.02. The van der Waals surface area contributed by atoms with Crippen molar-refractivity contribution in [2.75, 3.05) is 6.54 Å². The lowest BCUT2D eigenvalue weighted by Crippen LogP contribution is -2.39. The fourth-order valence-electron chi connectivity index (χ4n) is 2.81. The van der Waals surface area contributed by atoms with Gasteiger partial charge in [-0.15, -0.1) is 0 Å². The predicted molar refractivity (Wildman–Crippen MR) is 63.0 cm³/mol. The van der Waals surface area contributed by atoms with Gasteiger partial charge in [-0.2, -0.15) is 0 Å². The summed E-state index contributed by atoms with van der Waals surface area (Å²) < 4.78 is 0. The number of β-amino-alcohol motifs (C(OH)–C–C–N with tert-alkyl or cyclic N) is 1. The molecule has 4 heteroatoms. The lowest BCUT2D eigenvalue weighted by Gasteiger charge is -2.21. The average molecular weight is 239 g/mol. The molecule has 0 radical (unpaired) electrons. The van der Waals surface area contributed by atoms with Crippen molar-refractivity contribution >= 4 is 11.8 Å². The molecule has 2 amide bonds. The van der Waals surface area contributed by atoms with Crippen LogP contribution in [0.5, 0.6) is 0 Å². The molecule has 0 aromatic carbocycles. The zero-order valence-electron chi connectivity index (χ0n) is 10.6. The molecule has 0 bridgehead atoms. The van der Waals surface area contributed by atoms with E-state index < -0.39 is 6.10 Å². The van der Waals surface area contributed by atoms with Crippen LogP contribution in [0.3, 0.4) is 0 Å². The number of aliphatic hydroxyl groups is 1. The summed E-state index contributed by atoms with van der Waals surface area (Å²) in [5, 5.41) is 9.81. The number of fused-ring (bicyclic) bond motifs is 1. The SMILES string of the molecule is CC(C)C(O)CN1C(=O)C2CCCCC2C1=O. The van der Waals surface area contributed by atoms with E-state index in [0.717, 1.165) is 25.7 Å². The second-order valence-electron chi connectivity index (χ2n) is 5.60. The van der Waals surface area contributed by atoms with E-state index >= 15 is 0 Å². The van der Waals surface area contributed by atoms with Gasteiger partial charge in [-0.3, -0.25) is 14.5 Å². The Labute approximate surface area is 102 Å². The molecule has 1 N–H and O–H groups in total. The molecule has 1 saturated heterocycles. The van der Waals surface area contributed by atoms with Crippen LogP contribution in [0.25, 0.3) is 0 Å². The molecule has 3 atom stereocenters. The van der Waals surface area contributed by atoms with Crippen molar-refractivity contribution in [3.05, 3.63) is 0 Å². The minimum absolute atomic E-state index is 0.0561. The minimum Gasteiger partial charge on any atom is -0.391 e. The van der Waals surface area contributed by atoms with Gasteiger partial charge in [0, 0.05) is 0 Å². The van der Waals surface area contributed by atoms with Crippen LogP contribution in [0.4, 0.5) is 0 Å². The van der Waals surface area contributed by atoms with Crippen LogP contribution >= 0.6 is 0 Å². The van der Waals surface area contributed by atoms with E-state index in [4.69, 9.17) is 0 Å². The number of amides is 2. The fraction of sp³-hybridized carbons (Fsp3) is 0.846. The molecule has 2 rings (SSSR count). The van der Waals surface area contributed by atoms with Gasteiger partial charge in [0.15, 0.2) is 0 Å². The number of rotatable bonds is 3. The Bertz CT molecular complexity index is 303. The molecule has 1 aliphatic carbocycles. The molecular weight excluding hydrogens is 218 g/mol. The molecule has 4 nitrogen and oxygen atoms in total. The van der Waals surface area contributed by atoms with Crippen molar-refractivity contribution in [3.63, 3.8) is 0 Å². The Morgan fingerprint density at radius 2 is 1.65 bits per heavy atom. The molecule has 96 valence electrons. The summed E-state index contributed by atoms with van der Waals surface area (Å²) in [4.78, 5) is 25.5. The number of hydrogen-bond donors (Lipinski definition) is 1. The van der Waals surface area contributed by atoms with E-state index in [9.17, 15) is 14.7 Å². The molecule has 2 aliphatic rings. The Morgan fingerprint density at radius 3 is 2.06 bits per heavy atom. The molecule has 1 saturated carbocycles. The third-order valence-electron chi connectivity index (χ3n) is 4.07. The van der Waals surface area contributed by atoms with Gasteiger partial charge in [-0.25, -0.2) is 0 Å². The van der Waals surface area contributed by atoms with Gasteiger partial charge in [0.1, 0.15) is 0 Å². The number of aliphatic hydroxyl groups excluding tert-OH is 1. The first-order valence-corrected chi connectivity index (χ1v) is 6.55. The number of likely N-dealkylation sites (tertiary alicyclic amines) is 1. The van der Waals surface area contributed by atoms with Crippen LogP contribution in [0.1, 0.15) is 39.5 Å². The monoisotopic (exact) mass is 239 g/mol. The highest BCUT2D eigenvalue weighted by Crippen LogP contribution is 2.38. The van der Waals surface area contributed by atoms with Gasteiger partial charge in [-0.1, -0.05) is 26.7 Å². The number of nitrogens with zero attached hydrogens (tertiary/aromatic N) is 1. The molecule has 3 unspecified atom stereocenters. The molecule has 1 heterocycles. The highest BCUT2D eigenvalue weighted by atomic mass is 16.3. The van der Waals surface area contributed by atoms with E-state index in [1.165, 1.54) is 4.90 Å². The summed E-state index contributed by atoms with van der Waals surface area (Å²) in [6.45, 7) is 3.95. The molecule has 0 aromatic heterocycles. The van der Waals surface area contributed by atoms with Gasteiger partial charge in [0.2, 0.25) is 11.8 Å². The maximum atomic E-state index is 12.1. The van der Waals surface area contributed by atoms with Crippen LogP contribution < -0.4 is 0 Å². The van der Waals surface area contributed by atoms with Crippen LogP contribution in [0.15, 0.2) is 0 Å². The summed E-state index contributed by atoms with van der Waals surface area (Å²) in [7, 11) is 0. The van der Waals surface area contributed by atoms with Gasteiger partial charge in [0.05, 0.1) is 24.5 Å². The number of imide groups is 1. The summed E-state index contributed by atoms with van der Waals surface area (Å²) in [5.41, 5.74) is 0. The van der Waals surface area contributed by atoms with E-state index in [-0.39, 0.29) is 36.1 Å². The summed E-state index contributed by atoms with van der Waals surface area (Å²) in [5.74, 6) is -0.247. The van der Waals surface area contributed by atoms with Gasteiger partial charge in [-0.05, 0) is 18.8 Å². The summed E-state index contributed by atoms with van der Waals surface area (Å²) in [6.07, 6.45) is 3.15. The quantitative estimate of drug-likeness (QED) is 0.752. The number of carbonyl (C=O) groups is 2. The zero-order chi connectivity index (χ0) is 12.6. The average Bonchev–Trinajstić information content (AvgIpc) is 2.55. The standard InChI is InChI=1S/C13H21NO3/c1-8(2)11(15)7-14-12(16)9-5-3-4-6-10(9)13(14)17/h8-11,15H,3-7H2,1-2H3. The second kappa shape index (κ2) is 4.77. The highest BCUT2D eigenvalue weighted by molar-refractivity contribution is 6.05. The fourth-order valence-corrected chi connectivity index (χ4v) is 2.81. The Kier molecular flexibility index (Phi) is 3.52. The van der Waals surface area contributed by atoms with Crippen molar-refractivity contribution in [2.45, 2.75) is 45.6 Å². The molecule has 1 aliphatic heterocycles. The first kappa shape index (κ1) is 12.6. The first-order valence-electron chi connectivity index (χ1n) is 6.55. The normalized spacial score (nSPS) is 30.9. The van der Waals surface area contributed by atoms with Crippen LogP contribution in [-0.2, 0) is 9.59 Å². The molecular formula is C13H21NO3. The molecule has 2 fully saturated rings. The lowest BCUT2D eigenvalue weighted by atomic mass is 9.81. The molecule has 17 heavy (non-hydrogen) atoms. The van der Waals surface area contributed by atoms with Crippen LogP contribution in [0.2, 0.25) is 0 Å². The van der Waals surface area contributed by atoms with Crippen molar-refractivity contribution in [2.24, 2.45) is 17.8 Å². The van der Waals surface area contributed by atoms with Gasteiger partial charge < -0.3 is 5.11 Å². The van der Waals surface area contributed by atoms with Crippen LogP contribution in [0, 0.1) is 17.8 Å². The third-order valence-corrected chi connectivity index (χ3v) is 4.07. The lowest BCUT2D eigenvalue weighted by molar-refractivity contribution is -0.142. The summed E-state index contributed by atoms with van der Waals surface area (Å²) >= 11 is 0. The highest BCUT2D eigenvalue weighted by Gasteiger charge is 2.48. The predicted octanol–water partition coefficient (Wildman–Crippen LogP) is 1.18. The Morgan fingerprint density at radius 1 is 1.18 bits per heavy atom. The molecule has 0 aromatic rings. The van der Waals surface area contributed by atoms with Gasteiger partial charge >= 0.3 is 0 Å². The Balaban J connectivity index is 2.08. The van der Waals surface area contributed by atoms with Crippen molar-refractivity contribution in [1.82, 2.24) is 4.90 Å². The summed E-state index contributed by atoms with van der Waals surface area (Å²) in [6, 6.07) is 0. The maximum Gasteiger partial charge on any atom is 0.233 e. The number of hydrogen-bond acceptors (Lipinski definition) is 3. The van der Waals surface area contributed by atoms with Gasteiger partial charge in [0.25, 0.3) is 0 Å². The maximum absolute atomic E-state index is 12.1. The van der Waals surface area contributed by atoms with E-state index in [2.05, 4.69) is 0 Å². The number of carbonyl (C=O) groups excluding carboxylic acids is 2. The van der Waals surface area contributed by atoms with E-state index in [1.807, 2.05) is 13.8 Å².